The zero-order valence-electron chi connectivity index (χ0n) is 8.04. The Balaban J connectivity index is 1.96. The number of ether oxygens (including phenoxy) is 1. The normalized spacial score (nSPS) is 21.8. The van der Waals surface area contributed by atoms with Gasteiger partial charge in [0.05, 0.1) is 12.4 Å². The number of nitrogens with one attached hydrogen (secondary N) is 1. The molecule has 1 saturated heterocycles. The van der Waals surface area contributed by atoms with E-state index in [0.29, 0.717) is 18.4 Å². The molecular formula is C9H17NO2S. The molecule has 1 fully saturated rings. The van der Waals surface area contributed by atoms with Crippen LogP contribution in [0.5, 0.6) is 0 Å². The van der Waals surface area contributed by atoms with Gasteiger partial charge in [0.1, 0.15) is 0 Å². The topological polar surface area (TPSA) is 38.3 Å². The minimum Gasteiger partial charge on any atom is -0.465 e. The van der Waals surface area contributed by atoms with E-state index >= 15 is 0 Å². The molecule has 0 spiro atoms. The molecule has 0 saturated carbocycles. The number of carbonyl (C=O) groups excluding carboxylic acids is 1. The molecular weight excluding hydrogens is 186 g/mol. The number of carbonyl (C=O) groups is 1. The van der Waals surface area contributed by atoms with Gasteiger partial charge in [-0.1, -0.05) is 0 Å². The van der Waals surface area contributed by atoms with E-state index in [0.717, 1.165) is 12.3 Å². The number of thioether (sulfide) groups is 1. The van der Waals surface area contributed by atoms with Gasteiger partial charge in [0.15, 0.2) is 0 Å². The summed E-state index contributed by atoms with van der Waals surface area (Å²) in [7, 11) is 0. The third kappa shape index (κ3) is 4.52. The van der Waals surface area contributed by atoms with Crippen molar-refractivity contribution in [3.8, 4) is 0 Å². The van der Waals surface area contributed by atoms with Crippen molar-refractivity contribution in [1.82, 2.24) is 5.32 Å². The molecule has 0 bridgehead atoms. The summed E-state index contributed by atoms with van der Waals surface area (Å²) >= 11 is 1.66. The number of hydrogen-bond donors (Lipinski definition) is 1. The van der Waals surface area contributed by atoms with E-state index in [9.17, 15) is 4.79 Å². The van der Waals surface area contributed by atoms with Crippen LogP contribution in [0.15, 0.2) is 0 Å². The fourth-order valence-corrected chi connectivity index (χ4v) is 2.32. The molecule has 0 aromatic rings. The Morgan fingerprint density at radius 1 is 1.69 bits per heavy atom. The molecule has 0 aromatic carbocycles. The summed E-state index contributed by atoms with van der Waals surface area (Å²) in [5.74, 6) is 1.43. The van der Waals surface area contributed by atoms with Gasteiger partial charge in [0, 0.05) is 11.8 Å². The first kappa shape index (κ1) is 10.9. The van der Waals surface area contributed by atoms with Crippen LogP contribution < -0.4 is 5.32 Å². The predicted octanol–water partition coefficient (Wildman–Crippen LogP) is 1.03. The van der Waals surface area contributed by atoms with Gasteiger partial charge in [-0.05, 0) is 26.3 Å². The van der Waals surface area contributed by atoms with Crippen LogP contribution in [0.25, 0.3) is 0 Å². The molecule has 1 aliphatic rings. The second kappa shape index (κ2) is 6.27. The van der Waals surface area contributed by atoms with Crippen molar-refractivity contribution in [2.75, 3.05) is 24.7 Å². The van der Waals surface area contributed by atoms with Gasteiger partial charge < -0.3 is 10.1 Å². The number of esters is 1. The number of hydrogen-bond acceptors (Lipinski definition) is 4. The lowest BCUT2D eigenvalue weighted by Gasteiger charge is -2.08. The third-order valence-corrected chi connectivity index (χ3v) is 3.08. The van der Waals surface area contributed by atoms with Crippen molar-refractivity contribution in [2.45, 2.75) is 25.8 Å². The van der Waals surface area contributed by atoms with Gasteiger partial charge in [0.2, 0.25) is 0 Å². The van der Waals surface area contributed by atoms with Crippen LogP contribution in [0, 0.1) is 0 Å². The van der Waals surface area contributed by atoms with Gasteiger partial charge in [-0.2, -0.15) is 0 Å². The average Bonchev–Trinajstić information content (AvgIpc) is 2.57. The molecule has 1 aliphatic heterocycles. The van der Waals surface area contributed by atoms with E-state index in [2.05, 4.69) is 5.32 Å². The summed E-state index contributed by atoms with van der Waals surface area (Å²) in [5, 5.41) is 3.39. The Morgan fingerprint density at radius 3 is 3.15 bits per heavy atom. The highest BCUT2D eigenvalue weighted by molar-refractivity contribution is 7.99. The summed E-state index contributed by atoms with van der Waals surface area (Å²) in [6.45, 7) is 3.45. The molecule has 0 aromatic heterocycles. The molecule has 0 radical (unpaired) electrons. The quantitative estimate of drug-likeness (QED) is 0.677. The lowest BCUT2D eigenvalue weighted by molar-refractivity contribution is -0.139. The minimum absolute atomic E-state index is 0.0921. The van der Waals surface area contributed by atoms with Crippen molar-refractivity contribution >= 4 is 17.7 Å². The van der Waals surface area contributed by atoms with Crippen LogP contribution >= 0.6 is 11.8 Å². The van der Waals surface area contributed by atoms with E-state index < -0.39 is 0 Å². The fourth-order valence-electron chi connectivity index (χ4n) is 1.39. The first-order chi connectivity index (χ1) is 6.33. The maximum Gasteiger partial charge on any atom is 0.315 e. The van der Waals surface area contributed by atoms with E-state index in [1.807, 2.05) is 6.92 Å². The summed E-state index contributed by atoms with van der Waals surface area (Å²) in [6, 6.07) is 0.611. The van der Waals surface area contributed by atoms with Crippen molar-refractivity contribution in [1.29, 1.82) is 0 Å². The van der Waals surface area contributed by atoms with E-state index in [-0.39, 0.29) is 5.97 Å². The van der Waals surface area contributed by atoms with Crippen LogP contribution in [-0.4, -0.2) is 36.7 Å². The third-order valence-electron chi connectivity index (χ3n) is 2.01. The molecule has 13 heavy (non-hydrogen) atoms. The van der Waals surface area contributed by atoms with Crippen LogP contribution in [0.3, 0.4) is 0 Å². The first-order valence-electron chi connectivity index (χ1n) is 4.79. The van der Waals surface area contributed by atoms with Gasteiger partial charge in [-0.3, -0.25) is 4.79 Å². The summed E-state index contributed by atoms with van der Waals surface area (Å²) < 4.78 is 4.83. The molecule has 1 heterocycles. The summed E-state index contributed by atoms with van der Waals surface area (Å²) in [6.07, 6.45) is 2.51. The largest absolute Gasteiger partial charge is 0.465 e. The molecule has 76 valence electrons. The Labute approximate surface area is 83.6 Å². The molecule has 3 nitrogen and oxygen atoms in total. The molecule has 1 rings (SSSR count). The second-order valence-corrected chi connectivity index (χ2v) is 4.14. The summed E-state index contributed by atoms with van der Waals surface area (Å²) in [5.41, 5.74) is 0. The Kier molecular flexibility index (Phi) is 5.23. The smallest absolute Gasteiger partial charge is 0.315 e. The van der Waals surface area contributed by atoms with Crippen LogP contribution in [0.2, 0.25) is 0 Å². The van der Waals surface area contributed by atoms with Gasteiger partial charge >= 0.3 is 5.97 Å². The number of rotatable bonds is 5. The zero-order chi connectivity index (χ0) is 9.52. The van der Waals surface area contributed by atoms with Crippen LogP contribution in [0.1, 0.15) is 19.8 Å². The first-order valence-corrected chi connectivity index (χ1v) is 5.95. The monoisotopic (exact) mass is 203 g/mol. The van der Waals surface area contributed by atoms with Gasteiger partial charge in [-0.25, -0.2) is 0 Å². The Morgan fingerprint density at radius 2 is 2.54 bits per heavy atom. The zero-order valence-corrected chi connectivity index (χ0v) is 8.86. The van der Waals surface area contributed by atoms with Crippen molar-refractivity contribution in [2.24, 2.45) is 0 Å². The van der Waals surface area contributed by atoms with E-state index in [1.165, 1.54) is 12.8 Å². The van der Waals surface area contributed by atoms with Crippen LogP contribution in [0.4, 0.5) is 0 Å². The standard InChI is InChI=1S/C9H17NO2S/c1-2-12-9(11)7-13-6-8-4-3-5-10-8/h8,10H,2-7H2,1H3/t8-/m1/s1. The minimum atomic E-state index is -0.0921. The average molecular weight is 203 g/mol. The fraction of sp³-hybridized carbons (Fsp3) is 0.889. The molecule has 0 aliphatic carbocycles. The molecule has 1 atom stereocenters. The lowest BCUT2D eigenvalue weighted by Crippen LogP contribution is -2.24. The SMILES string of the molecule is CCOC(=O)CSC[C@H]1CCCN1. The maximum atomic E-state index is 11.0. The van der Waals surface area contributed by atoms with E-state index in [4.69, 9.17) is 4.74 Å². The molecule has 0 unspecified atom stereocenters. The Bertz CT molecular complexity index is 158. The summed E-state index contributed by atoms with van der Waals surface area (Å²) in [4.78, 5) is 11.0. The Hall–Kier alpha value is -0.220. The molecule has 0 amide bonds. The molecule has 1 N–H and O–H groups in total. The molecule has 4 heteroatoms. The maximum absolute atomic E-state index is 11.0. The predicted molar refractivity (Wildman–Crippen MR) is 55.0 cm³/mol. The van der Waals surface area contributed by atoms with Gasteiger partial charge in [0.25, 0.3) is 0 Å². The van der Waals surface area contributed by atoms with Crippen LogP contribution in [-0.2, 0) is 9.53 Å². The highest BCUT2D eigenvalue weighted by Crippen LogP contribution is 2.11. The van der Waals surface area contributed by atoms with Crippen molar-refractivity contribution < 1.29 is 9.53 Å². The van der Waals surface area contributed by atoms with Crippen molar-refractivity contribution in [3.63, 3.8) is 0 Å². The van der Waals surface area contributed by atoms with E-state index in [1.54, 1.807) is 11.8 Å². The lowest BCUT2D eigenvalue weighted by atomic mass is 10.3. The second-order valence-electron chi connectivity index (χ2n) is 3.11. The highest BCUT2D eigenvalue weighted by Gasteiger charge is 2.14. The van der Waals surface area contributed by atoms with Crippen molar-refractivity contribution in [3.05, 3.63) is 0 Å². The van der Waals surface area contributed by atoms with Gasteiger partial charge in [-0.15, -0.1) is 11.8 Å². The highest BCUT2D eigenvalue weighted by atomic mass is 32.2.